The molecule has 2 heterocycles. The number of nitrogens with zero attached hydrogens (tertiary/aromatic N) is 1. The number of nitrogens with one attached hydrogen (secondary N) is 1. The van der Waals surface area contributed by atoms with E-state index < -0.39 is 0 Å². The van der Waals surface area contributed by atoms with E-state index >= 15 is 0 Å². The molecule has 1 aliphatic heterocycles. The summed E-state index contributed by atoms with van der Waals surface area (Å²) in [6.07, 6.45) is 2.48. The van der Waals surface area contributed by atoms with Gasteiger partial charge >= 0.3 is 0 Å². The summed E-state index contributed by atoms with van der Waals surface area (Å²) in [7, 11) is 1.91. The van der Waals surface area contributed by atoms with Crippen molar-refractivity contribution in [2.75, 3.05) is 20.1 Å². The fourth-order valence-electron chi connectivity index (χ4n) is 2.48. The summed E-state index contributed by atoms with van der Waals surface area (Å²) in [6.45, 7) is 1.49. The van der Waals surface area contributed by atoms with E-state index in [0.717, 1.165) is 19.4 Å². The highest BCUT2D eigenvalue weighted by molar-refractivity contribution is 7.20. The molecule has 1 fully saturated rings. The molecule has 1 saturated heterocycles. The van der Waals surface area contributed by atoms with Gasteiger partial charge < -0.3 is 10.2 Å². The van der Waals surface area contributed by atoms with Crippen LogP contribution in [-0.2, 0) is 4.79 Å². The van der Waals surface area contributed by atoms with Crippen LogP contribution in [0.4, 0.5) is 0 Å². The largest absolute Gasteiger partial charge is 0.341 e. The van der Waals surface area contributed by atoms with Gasteiger partial charge in [-0.25, -0.2) is 0 Å². The van der Waals surface area contributed by atoms with Crippen molar-refractivity contribution in [2.45, 2.75) is 31.7 Å². The van der Waals surface area contributed by atoms with Crippen molar-refractivity contribution < 1.29 is 9.59 Å². The quantitative estimate of drug-likeness (QED) is 0.831. The lowest BCUT2D eigenvalue weighted by atomic mass is 10.0. The molecule has 1 N–H and O–H groups in total. The summed E-state index contributed by atoms with van der Waals surface area (Å²) in [5.41, 5.74) is 0.422. The maximum atomic E-state index is 12.2. The zero-order valence-corrected chi connectivity index (χ0v) is 14.2. The molecular weight excluding hydrogens is 331 g/mol. The number of piperidine rings is 1. The Morgan fingerprint density at radius 1 is 1.43 bits per heavy atom. The number of hydrogen-bond acceptors (Lipinski definition) is 4. The van der Waals surface area contributed by atoms with Crippen molar-refractivity contribution >= 4 is 46.2 Å². The summed E-state index contributed by atoms with van der Waals surface area (Å²) in [4.78, 5) is 26.1. The minimum Gasteiger partial charge on any atom is -0.341 e. The maximum absolute atomic E-state index is 12.2. The monoisotopic (exact) mass is 348 g/mol. The Morgan fingerprint density at radius 2 is 2.19 bits per heavy atom. The van der Waals surface area contributed by atoms with Gasteiger partial charge in [-0.3, -0.25) is 9.59 Å². The second-order valence-corrected chi connectivity index (χ2v) is 7.41. The van der Waals surface area contributed by atoms with Gasteiger partial charge in [0.25, 0.3) is 0 Å². The Bertz CT molecular complexity index is 533. The van der Waals surface area contributed by atoms with Crippen LogP contribution < -0.4 is 5.32 Å². The summed E-state index contributed by atoms with van der Waals surface area (Å²) >= 11 is 12.9. The number of carbonyl (C=O) groups excluding carboxylic acids is 2. The molecule has 1 atom stereocenters. The molecule has 1 aliphatic rings. The zero-order valence-electron chi connectivity index (χ0n) is 11.8. The molecule has 1 aromatic heterocycles. The number of likely N-dealkylation sites (N-methyl/N-ethyl adjacent to an activating group) is 1. The lowest BCUT2D eigenvalue weighted by molar-refractivity contribution is -0.132. The van der Waals surface area contributed by atoms with Gasteiger partial charge in [0.15, 0.2) is 5.78 Å². The van der Waals surface area contributed by atoms with E-state index in [1.165, 1.54) is 11.3 Å². The highest BCUT2D eigenvalue weighted by atomic mass is 35.5. The van der Waals surface area contributed by atoms with Crippen LogP contribution in [0, 0.1) is 0 Å². The van der Waals surface area contributed by atoms with Gasteiger partial charge in [0.2, 0.25) is 5.91 Å². The number of hydrogen-bond donors (Lipinski definition) is 1. The number of Topliss-reactive ketones (excluding diaryl/α,β-unsaturated/α-hetero) is 1. The minimum atomic E-state index is -0.126. The first-order valence-corrected chi connectivity index (χ1v) is 8.51. The van der Waals surface area contributed by atoms with Crippen molar-refractivity contribution in [1.82, 2.24) is 10.2 Å². The van der Waals surface area contributed by atoms with Crippen LogP contribution in [0.15, 0.2) is 6.07 Å². The van der Waals surface area contributed by atoms with E-state index in [-0.39, 0.29) is 24.5 Å². The highest BCUT2D eigenvalue weighted by Crippen LogP contribution is 2.32. The van der Waals surface area contributed by atoms with Crippen molar-refractivity contribution in [1.29, 1.82) is 0 Å². The van der Waals surface area contributed by atoms with E-state index in [1.807, 2.05) is 11.9 Å². The molecule has 1 aromatic rings. The summed E-state index contributed by atoms with van der Waals surface area (Å²) in [5, 5.41) is 3.20. The highest BCUT2D eigenvalue weighted by Gasteiger charge is 2.23. The minimum absolute atomic E-state index is 0.0285. The zero-order chi connectivity index (χ0) is 15.4. The van der Waals surface area contributed by atoms with Gasteiger partial charge in [0.05, 0.1) is 4.34 Å². The molecule has 1 unspecified atom stereocenters. The van der Waals surface area contributed by atoms with Crippen molar-refractivity contribution in [3.63, 3.8) is 0 Å². The Balaban J connectivity index is 1.86. The molecular formula is C14H18Cl2N2O2S. The number of likely N-dealkylation sites (tertiary alicyclic amines) is 1. The van der Waals surface area contributed by atoms with Gasteiger partial charge in [-0.1, -0.05) is 23.2 Å². The van der Waals surface area contributed by atoms with Gasteiger partial charge in [-0.05, 0) is 26.0 Å². The predicted octanol–water partition coefficient (Wildman–Crippen LogP) is 3.23. The average molecular weight is 349 g/mol. The summed E-state index contributed by atoms with van der Waals surface area (Å²) < 4.78 is 0.883. The van der Waals surface area contributed by atoms with E-state index in [0.29, 0.717) is 26.8 Å². The molecule has 21 heavy (non-hydrogen) atoms. The number of rotatable bonds is 5. The SMILES string of the molecule is CNC1CCCN(C(=O)CCC(=O)c2cc(Cl)sc2Cl)C1. The van der Waals surface area contributed by atoms with Crippen LogP contribution >= 0.6 is 34.5 Å². The normalized spacial score (nSPS) is 18.8. The van der Waals surface area contributed by atoms with Crippen molar-refractivity contribution in [2.24, 2.45) is 0 Å². The molecule has 0 spiro atoms. The van der Waals surface area contributed by atoms with Crippen molar-refractivity contribution in [3.8, 4) is 0 Å². The molecule has 0 saturated carbocycles. The number of halogens is 2. The van der Waals surface area contributed by atoms with E-state index in [9.17, 15) is 9.59 Å². The van der Waals surface area contributed by atoms with E-state index in [1.54, 1.807) is 6.07 Å². The molecule has 4 nitrogen and oxygen atoms in total. The lowest BCUT2D eigenvalue weighted by Crippen LogP contribution is -2.47. The van der Waals surface area contributed by atoms with Crippen LogP contribution in [-0.4, -0.2) is 42.8 Å². The van der Waals surface area contributed by atoms with Gasteiger partial charge in [-0.2, -0.15) is 0 Å². The fourth-order valence-corrected chi connectivity index (χ4v) is 3.98. The smallest absolute Gasteiger partial charge is 0.223 e. The third-order valence-corrected chi connectivity index (χ3v) is 5.19. The first kappa shape index (κ1) is 16.7. The number of carbonyl (C=O) groups is 2. The second kappa shape index (κ2) is 7.58. The Hall–Kier alpha value is -0.620. The van der Waals surface area contributed by atoms with Crippen LogP contribution in [0.5, 0.6) is 0 Å². The molecule has 7 heteroatoms. The van der Waals surface area contributed by atoms with E-state index in [2.05, 4.69) is 5.32 Å². The molecule has 0 bridgehead atoms. The van der Waals surface area contributed by atoms with Gasteiger partial charge in [-0.15, -0.1) is 11.3 Å². The van der Waals surface area contributed by atoms with Crippen molar-refractivity contribution in [3.05, 3.63) is 20.3 Å². The fraction of sp³-hybridized carbons (Fsp3) is 0.571. The van der Waals surface area contributed by atoms with Crippen LogP contribution in [0.2, 0.25) is 8.67 Å². The van der Waals surface area contributed by atoms with E-state index in [4.69, 9.17) is 23.2 Å². The molecule has 116 valence electrons. The number of ketones is 1. The van der Waals surface area contributed by atoms with Crippen LogP contribution in [0.25, 0.3) is 0 Å². The Kier molecular flexibility index (Phi) is 6.05. The Labute approximate surface area is 138 Å². The maximum Gasteiger partial charge on any atom is 0.223 e. The molecule has 1 amide bonds. The molecule has 0 aromatic carbocycles. The molecule has 2 rings (SSSR count). The van der Waals surface area contributed by atoms with Gasteiger partial charge in [0.1, 0.15) is 4.34 Å². The molecule has 0 radical (unpaired) electrons. The topological polar surface area (TPSA) is 49.4 Å². The average Bonchev–Trinajstić information content (AvgIpc) is 2.83. The second-order valence-electron chi connectivity index (χ2n) is 5.13. The predicted molar refractivity (Wildman–Crippen MR) is 86.6 cm³/mol. The Morgan fingerprint density at radius 3 is 2.81 bits per heavy atom. The van der Waals surface area contributed by atoms with Gasteiger partial charge in [0, 0.05) is 37.5 Å². The first-order valence-electron chi connectivity index (χ1n) is 6.94. The van der Waals surface area contributed by atoms with Crippen LogP contribution in [0.1, 0.15) is 36.0 Å². The standard InChI is InChI=1S/C14H18Cl2N2O2S/c1-17-9-3-2-6-18(8-9)13(20)5-4-11(19)10-7-12(15)21-14(10)16/h7,9,17H,2-6,8H2,1H3. The van der Waals surface area contributed by atoms with Crippen LogP contribution in [0.3, 0.4) is 0 Å². The summed E-state index contributed by atoms with van der Waals surface area (Å²) in [6, 6.07) is 1.92. The number of amides is 1. The number of thiophene rings is 1. The third kappa shape index (κ3) is 4.42. The lowest BCUT2D eigenvalue weighted by Gasteiger charge is -2.32. The third-order valence-electron chi connectivity index (χ3n) is 3.71. The molecule has 0 aliphatic carbocycles. The summed E-state index contributed by atoms with van der Waals surface area (Å²) in [5.74, 6) is -0.0978. The first-order chi connectivity index (χ1) is 10.0.